The van der Waals surface area contributed by atoms with Crippen molar-refractivity contribution < 1.29 is 12.8 Å². The van der Waals surface area contributed by atoms with Crippen molar-refractivity contribution in [2.24, 2.45) is 0 Å². The lowest BCUT2D eigenvalue weighted by Gasteiger charge is -2.19. The first-order valence-electron chi connectivity index (χ1n) is 5.95. The van der Waals surface area contributed by atoms with Crippen LogP contribution < -0.4 is 0 Å². The maximum atomic E-state index is 12.6. The summed E-state index contributed by atoms with van der Waals surface area (Å²) in [4.78, 5) is 0.113. The lowest BCUT2D eigenvalue weighted by molar-refractivity contribution is 0.368. The average Bonchev–Trinajstić information content (AvgIpc) is 3.05. The highest BCUT2D eigenvalue weighted by molar-refractivity contribution is 7.89. The number of hydrogen-bond donors (Lipinski definition) is 1. The van der Waals surface area contributed by atoms with E-state index >= 15 is 0 Å². The van der Waals surface area contributed by atoms with E-state index in [1.165, 1.54) is 16.8 Å². The van der Waals surface area contributed by atoms with Gasteiger partial charge in [-0.3, -0.25) is 5.10 Å². The minimum atomic E-state index is -3.71. The van der Waals surface area contributed by atoms with E-state index in [0.29, 0.717) is 11.5 Å². The number of nitrogens with zero attached hydrogens (tertiary/aromatic N) is 3. The predicted molar refractivity (Wildman–Crippen MR) is 69.9 cm³/mol. The third kappa shape index (κ3) is 2.89. The number of furan rings is 1. The molecule has 8 heteroatoms. The van der Waals surface area contributed by atoms with Gasteiger partial charge in [-0.05, 0) is 19.1 Å². The molecule has 0 aliphatic rings. The number of nitrogens with one attached hydrogen (secondary N) is 1. The van der Waals surface area contributed by atoms with Gasteiger partial charge in [-0.1, -0.05) is 0 Å². The summed E-state index contributed by atoms with van der Waals surface area (Å²) in [6, 6.07) is 5.33. The second-order valence-electron chi connectivity index (χ2n) is 4.19. The molecular weight excluding hydrogens is 280 g/mol. The van der Waals surface area contributed by atoms with Crippen LogP contribution in [0.3, 0.4) is 0 Å². The molecule has 106 valence electrons. The summed E-state index contributed by atoms with van der Waals surface area (Å²) in [5, 5.41) is 15.0. The first-order valence-corrected chi connectivity index (χ1v) is 7.39. The topological polar surface area (TPSA) is 103 Å². The monoisotopic (exact) mass is 294 g/mol. The van der Waals surface area contributed by atoms with Gasteiger partial charge >= 0.3 is 0 Å². The molecule has 2 aromatic rings. The first-order chi connectivity index (χ1) is 9.55. The minimum Gasteiger partial charge on any atom is -0.468 e. The lowest BCUT2D eigenvalue weighted by Crippen LogP contribution is -2.31. The molecule has 0 fully saturated rings. The summed E-state index contributed by atoms with van der Waals surface area (Å²) in [6.07, 6.45) is 2.86. The van der Waals surface area contributed by atoms with Crippen LogP contribution in [0, 0.1) is 18.3 Å². The van der Waals surface area contributed by atoms with Crippen molar-refractivity contribution in [2.45, 2.75) is 24.8 Å². The largest absolute Gasteiger partial charge is 0.468 e. The Labute approximate surface area is 116 Å². The van der Waals surface area contributed by atoms with Gasteiger partial charge in [-0.15, -0.1) is 0 Å². The molecule has 20 heavy (non-hydrogen) atoms. The van der Waals surface area contributed by atoms with Gasteiger partial charge in [-0.25, -0.2) is 8.42 Å². The third-order valence-corrected chi connectivity index (χ3v) is 4.75. The summed E-state index contributed by atoms with van der Waals surface area (Å²) in [5.74, 6) is 0.521. The van der Waals surface area contributed by atoms with Crippen LogP contribution in [0.15, 0.2) is 33.9 Å². The van der Waals surface area contributed by atoms with Crippen molar-refractivity contribution in [3.8, 4) is 6.07 Å². The maximum Gasteiger partial charge on any atom is 0.246 e. The Bertz CT molecular complexity index is 697. The second kappa shape index (κ2) is 5.90. The highest BCUT2D eigenvalue weighted by Gasteiger charge is 2.27. The molecule has 7 nitrogen and oxygen atoms in total. The van der Waals surface area contributed by atoms with Crippen molar-refractivity contribution in [1.29, 1.82) is 5.26 Å². The molecule has 0 aliphatic carbocycles. The molecular formula is C12H14N4O3S. The van der Waals surface area contributed by atoms with Gasteiger partial charge in [-0.2, -0.15) is 14.7 Å². The van der Waals surface area contributed by atoms with Crippen LogP contribution in [0.1, 0.15) is 17.9 Å². The smallest absolute Gasteiger partial charge is 0.246 e. The second-order valence-corrected chi connectivity index (χ2v) is 6.09. The Morgan fingerprint density at radius 2 is 2.35 bits per heavy atom. The van der Waals surface area contributed by atoms with Gasteiger partial charge in [0, 0.05) is 13.0 Å². The Hall–Kier alpha value is -2.11. The molecule has 0 amide bonds. The van der Waals surface area contributed by atoms with Crippen LogP contribution in [0.25, 0.3) is 0 Å². The molecule has 0 radical (unpaired) electrons. The van der Waals surface area contributed by atoms with E-state index in [4.69, 9.17) is 9.68 Å². The number of H-pyrrole nitrogens is 1. The van der Waals surface area contributed by atoms with Crippen molar-refractivity contribution in [1.82, 2.24) is 14.5 Å². The van der Waals surface area contributed by atoms with Gasteiger partial charge in [0.05, 0.1) is 30.8 Å². The van der Waals surface area contributed by atoms with Crippen LogP contribution in [0.5, 0.6) is 0 Å². The van der Waals surface area contributed by atoms with Crippen LogP contribution in [-0.4, -0.2) is 29.5 Å². The van der Waals surface area contributed by atoms with E-state index in [9.17, 15) is 8.42 Å². The zero-order chi connectivity index (χ0) is 14.6. The molecule has 0 saturated carbocycles. The van der Waals surface area contributed by atoms with E-state index in [1.54, 1.807) is 19.1 Å². The zero-order valence-electron chi connectivity index (χ0n) is 10.9. The molecule has 2 aromatic heterocycles. The normalized spacial score (nSPS) is 11.7. The van der Waals surface area contributed by atoms with Gasteiger partial charge in [0.25, 0.3) is 0 Å². The predicted octanol–water partition coefficient (Wildman–Crippen LogP) is 1.42. The van der Waals surface area contributed by atoms with Crippen molar-refractivity contribution in [2.75, 3.05) is 6.54 Å². The van der Waals surface area contributed by atoms with E-state index < -0.39 is 10.0 Å². The molecule has 0 aliphatic heterocycles. The van der Waals surface area contributed by atoms with Gasteiger partial charge in [0.15, 0.2) is 0 Å². The standard InChI is InChI=1S/C12H14N4O3S/c1-10-12(8-14-15-10)20(17,18)16(6-3-5-13)9-11-4-2-7-19-11/h2,4,7-8H,3,6,9H2,1H3,(H,14,15). The van der Waals surface area contributed by atoms with Gasteiger partial charge < -0.3 is 4.42 Å². The number of rotatable bonds is 6. The number of nitriles is 1. The van der Waals surface area contributed by atoms with Gasteiger partial charge in [0.1, 0.15) is 10.7 Å². The molecule has 0 bridgehead atoms. The van der Waals surface area contributed by atoms with Crippen molar-refractivity contribution in [3.63, 3.8) is 0 Å². The quantitative estimate of drug-likeness (QED) is 0.867. The van der Waals surface area contributed by atoms with E-state index in [0.717, 1.165) is 0 Å². The highest BCUT2D eigenvalue weighted by Crippen LogP contribution is 2.20. The zero-order valence-corrected chi connectivity index (χ0v) is 11.7. The van der Waals surface area contributed by atoms with E-state index in [1.807, 2.05) is 6.07 Å². The lowest BCUT2D eigenvalue weighted by atomic mass is 10.4. The number of hydrogen-bond acceptors (Lipinski definition) is 5. The van der Waals surface area contributed by atoms with Crippen LogP contribution >= 0.6 is 0 Å². The maximum absolute atomic E-state index is 12.6. The average molecular weight is 294 g/mol. The molecule has 0 aromatic carbocycles. The van der Waals surface area contributed by atoms with Crippen LogP contribution in [-0.2, 0) is 16.6 Å². The Balaban J connectivity index is 2.30. The fourth-order valence-corrected chi connectivity index (χ4v) is 3.30. The molecule has 0 saturated heterocycles. The minimum absolute atomic E-state index is 0.0850. The number of sulfonamides is 1. The summed E-state index contributed by atoms with van der Waals surface area (Å²) in [6.45, 7) is 1.82. The Morgan fingerprint density at radius 3 is 2.90 bits per heavy atom. The molecule has 1 N–H and O–H groups in total. The highest BCUT2D eigenvalue weighted by atomic mass is 32.2. The molecule has 0 unspecified atom stereocenters. The van der Waals surface area contributed by atoms with Crippen LogP contribution in [0.4, 0.5) is 0 Å². The van der Waals surface area contributed by atoms with Crippen molar-refractivity contribution >= 4 is 10.0 Å². The third-order valence-electron chi connectivity index (χ3n) is 2.79. The van der Waals surface area contributed by atoms with Gasteiger partial charge in [0.2, 0.25) is 10.0 Å². The fourth-order valence-electron chi connectivity index (χ4n) is 1.77. The Morgan fingerprint density at radius 1 is 1.55 bits per heavy atom. The Kier molecular flexibility index (Phi) is 4.22. The molecule has 0 atom stereocenters. The molecule has 2 heterocycles. The first kappa shape index (κ1) is 14.3. The van der Waals surface area contributed by atoms with E-state index in [-0.39, 0.29) is 24.4 Å². The summed E-state index contributed by atoms with van der Waals surface area (Å²) < 4.78 is 31.5. The van der Waals surface area contributed by atoms with Crippen LogP contribution in [0.2, 0.25) is 0 Å². The fraction of sp³-hybridized carbons (Fsp3) is 0.333. The van der Waals surface area contributed by atoms with E-state index in [2.05, 4.69) is 10.2 Å². The summed E-state index contributed by atoms with van der Waals surface area (Å²) in [7, 11) is -3.71. The number of aromatic nitrogens is 2. The summed E-state index contributed by atoms with van der Waals surface area (Å²) >= 11 is 0. The molecule has 2 rings (SSSR count). The number of aromatic amines is 1. The SMILES string of the molecule is Cc1[nH]ncc1S(=O)(=O)N(CCC#N)Cc1ccco1. The molecule has 0 spiro atoms. The summed E-state index contributed by atoms with van der Waals surface area (Å²) in [5.41, 5.74) is 0.464. The van der Waals surface area contributed by atoms with Crippen molar-refractivity contribution in [3.05, 3.63) is 36.0 Å². The number of aryl methyl sites for hydroxylation is 1.